The van der Waals surface area contributed by atoms with Crippen LogP contribution in [0.25, 0.3) is 0 Å². The molecule has 126 valence electrons. The summed E-state index contributed by atoms with van der Waals surface area (Å²) in [6.07, 6.45) is 8.62. The second-order valence-corrected chi connectivity index (χ2v) is 7.47. The predicted molar refractivity (Wildman–Crippen MR) is 95.5 cm³/mol. The Morgan fingerprint density at radius 2 is 1.87 bits per heavy atom. The van der Waals surface area contributed by atoms with E-state index in [0.29, 0.717) is 0 Å². The van der Waals surface area contributed by atoms with Gasteiger partial charge in [-0.3, -0.25) is 10.1 Å². The van der Waals surface area contributed by atoms with Gasteiger partial charge < -0.3 is 4.74 Å². The lowest BCUT2D eigenvalue weighted by Gasteiger charge is -2.29. The van der Waals surface area contributed by atoms with Gasteiger partial charge in [-0.05, 0) is 49.7 Å². The van der Waals surface area contributed by atoms with Crippen molar-refractivity contribution in [2.45, 2.75) is 74.9 Å². The van der Waals surface area contributed by atoms with E-state index in [1.807, 2.05) is 0 Å². The first kappa shape index (κ1) is 17.0. The zero-order chi connectivity index (χ0) is 16.1. The fourth-order valence-electron chi connectivity index (χ4n) is 3.80. The molecule has 0 unspecified atom stereocenters. The number of carbonyl (C=O) groups excluding carboxylic acids is 1. The smallest absolute Gasteiger partial charge is 0.326 e. The van der Waals surface area contributed by atoms with E-state index in [0.717, 1.165) is 50.4 Å². The predicted octanol–water partition coefficient (Wildman–Crippen LogP) is 4.47. The van der Waals surface area contributed by atoms with Crippen LogP contribution >= 0.6 is 15.9 Å². The number of hydrogen-bond donors (Lipinski definition) is 1. The maximum absolute atomic E-state index is 12.8. The Morgan fingerprint density at radius 1 is 1.17 bits per heavy atom. The standard InChI is InChI=1S/C19H26BrNO2/c20-13-15-6-5-7-16(12-15)14-21-19(10-3-4-11-19)18(22)23-17-8-1-2-9-17/h5-7,12,17,21H,1-4,8-11,13-14H2. The number of rotatable bonds is 6. The molecule has 0 aliphatic heterocycles. The van der Waals surface area contributed by atoms with Gasteiger partial charge in [0.05, 0.1) is 0 Å². The summed E-state index contributed by atoms with van der Waals surface area (Å²) in [6, 6.07) is 8.49. The summed E-state index contributed by atoms with van der Waals surface area (Å²) in [6.45, 7) is 0.723. The average molecular weight is 380 g/mol. The Morgan fingerprint density at radius 3 is 2.57 bits per heavy atom. The van der Waals surface area contributed by atoms with Gasteiger partial charge in [-0.2, -0.15) is 0 Å². The summed E-state index contributed by atoms with van der Waals surface area (Å²) in [5.74, 6) is -0.0152. The first-order chi connectivity index (χ1) is 11.2. The Balaban J connectivity index is 1.64. The topological polar surface area (TPSA) is 38.3 Å². The van der Waals surface area contributed by atoms with Crippen LogP contribution in [-0.2, 0) is 21.4 Å². The number of halogens is 1. The number of ether oxygens (including phenoxy) is 1. The molecule has 0 aromatic heterocycles. The number of esters is 1. The Labute approximate surface area is 147 Å². The third kappa shape index (κ3) is 4.16. The molecular weight excluding hydrogens is 354 g/mol. The second kappa shape index (κ2) is 7.80. The van der Waals surface area contributed by atoms with E-state index in [2.05, 4.69) is 45.5 Å². The zero-order valence-corrected chi connectivity index (χ0v) is 15.2. The molecule has 23 heavy (non-hydrogen) atoms. The van der Waals surface area contributed by atoms with Crippen LogP contribution in [0.3, 0.4) is 0 Å². The van der Waals surface area contributed by atoms with Gasteiger partial charge in [0.2, 0.25) is 0 Å². The third-order valence-corrected chi connectivity index (χ3v) is 5.85. The molecule has 0 heterocycles. The van der Waals surface area contributed by atoms with E-state index >= 15 is 0 Å². The van der Waals surface area contributed by atoms with Gasteiger partial charge in [0, 0.05) is 11.9 Å². The van der Waals surface area contributed by atoms with E-state index in [9.17, 15) is 4.79 Å². The highest BCUT2D eigenvalue weighted by Crippen LogP contribution is 2.33. The highest BCUT2D eigenvalue weighted by molar-refractivity contribution is 9.08. The van der Waals surface area contributed by atoms with Crippen LogP contribution in [0, 0.1) is 0 Å². The summed E-state index contributed by atoms with van der Waals surface area (Å²) in [5, 5.41) is 4.40. The van der Waals surface area contributed by atoms with Crippen LogP contribution in [0.5, 0.6) is 0 Å². The molecule has 3 rings (SSSR count). The minimum atomic E-state index is -0.465. The molecule has 1 aromatic carbocycles. The van der Waals surface area contributed by atoms with Gasteiger partial charge in [-0.1, -0.05) is 53.0 Å². The number of alkyl halides is 1. The van der Waals surface area contributed by atoms with Crippen LogP contribution in [0.15, 0.2) is 24.3 Å². The van der Waals surface area contributed by atoms with Crippen LogP contribution in [-0.4, -0.2) is 17.6 Å². The van der Waals surface area contributed by atoms with Gasteiger partial charge in [0.1, 0.15) is 11.6 Å². The molecule has 0 bridgehead atoms. The molecule has 2 aliphatic rings. The quantitative estimate of drug-likeness (QED) is 0.585. The van der Waals surface area contributed by atoms with Crippen molar-refractivity contribution >= 4 is 21.9 Å². The number of nitrogens with one attached hydrogen (secondary N) is 1. The maximum atomic E-state index is 12.8. The molecular formula is C19H26BrNO2. The molecule has 1 aromatic rings. The van der Waals surface area contributed by atoms with Crippen molar-refractivity contribution in [1.29, 1.82) is 0 Å². The van der Waals surface area contributed by atoms with Gasteiger partial charge in [-0.25, -0.2) is 0 Å². The van der Waals surface area contributed by atoms with Crippen molar-refractivity contribution in [3.05, 3.63) is 35.4 Å². The molecule has 2 saturated carbocycles. The molecule has 0 saturated heterocycles. The van der Waals surface area contributed by atoms with Crippen molar-refractivity contribution < 1.29 is 9.53 Å². The lowest BCUT2D eigenvalue weighted by atomic mass is 9.97. The van der Waals surface area contributed by atoms with E-state index in [-0.39, 0.29) is 12.1 Å². The Hall–Kier alpha value is -0.870. The van der Waals surface area contributed by atoms with Crippen molar-refractivity contribution in [1.82, 2.24) is 5.32 Å². The van der Waals surface area contributed by atoms with E-state index in [1.165, 1.54) is 24.0 Å². The minimum absolute atomic E-state index is 0.0152. The van der Waals surface area contributed by atoms with Crippen molar-refractivity contribution in [3.63, 3.8) is 0 Å². The first-order valence-corrected chi connectivity index (χ1v) is 9.94. The largest absolute Gasteiger partial charge is 0.461 e. The third-order valence-electron chi connectivity index (χ3n) is 5.20. The molecule has 0 spiro atoms. The van der Waals surface area contributed by atoms with Crippen molar-refractivity contribution in [3.8, 4) is 0 Å². The van der Waals surface area contributed by atoms with Crippen molar-refractivity contribution in [2.75, 3.05) is 0 Å². The first-order valence-electron chi connectivity index (χ1n) is 8.82. The van der Waals surface area contributed by atoms with Crippen LogP contribution in [0.4, 0.5) is 0 Å². The summed E-state index contributed by atoms with van der Waals surface area (Å²) in [7, 11) is 0. The summed E-state index contributed by atoms with van der Waals surface area (Å²) in [4.78, 5) is 12.8. The summed E-state index contributed by atoms with van der Waals surface area (Å²) in [5.41, 5.74) is 2.02. The minimum Gasteiger partial charge on any atom is -0.461 e. The van der Waals surface area contributed by atoms with Crippen LogP contribution in [0.1, 0.15) is 62.5 Å². The second-order valence-electron chi connectivity index (χ2n) is 6.91. The lowest BCUT2D eigenvalue weighted by Crippen LogP contribution is -2.51. The van der Waals surface area contributed by atoms with E-state index < -0.39 is 5.54 Å². The van der Waals surface area contributed by atoms with Crippen molar-refractivity contribution in [2.24, 2.45) is 0 Å². The molecule has 1 N–H and O–H groups in total. The molecule has 0 amide bonds. The average Bonchev–Trinajstić information content (AvgIpc) is 3.25. The zero-order valence-electron chi connectivity index (χ0n) is 13.7. The van der Waals surface area contributed by atoms with Crippen LogP contribution in [0.2, 0.25) is 0 Å². The monoisotopic (exact) mass is 379 g/mol. The SMILES string of the molecule is O=C(OC1CCCC1)C1(NCc2cccc(CBr)c2)CCCC1. The maximum Gasteiger partial charge on any atom is 0.326 e. The number of hydrogen-bond acceptors (Lipinski definition) is 3. The molecule has 3 nitrogen and oxygen atoms in total. The molecule has 2 aliphatic carbocycles. The lowest BCUT2D eigenvalue weighted by molar-refractivity contribution is -0.157. The fourth-order valence-corrected chi connectivity index (χ4v) is 4.14. The summed E-state index contributed by atoms with van der Waals surface area (Å²) < 4.78 is 5.82. The van der Waals surface area contributed by atoms with Crippen LogP contribution < -0.4 is 5.32 Å². The normalized spacial score (nSPS) is 20.7. The Kier molecular flexibility index (Phi) is 5.76. The van der Waals surface area contributed by atoms with Gasteiger partial charge in [0.15, 0.2) is 0 Å². The molecule has 2 fully saturated rings. The number of benzene rings is 1. The Bertz CT molecular complexity index is 534. The molecule has 4 heteroatoms. The van der Waals surface area contributed by atoms with Gasteiger partial charge in [-0.15, -0.1) is 0 Å². The number of carbonyl (C=O) groups is 1. The van der Waals surface area contributed by atoms with E-state index in [1.54, 1.807) is 0 Å². The molecule has 0 atom stereocenters. The van der Waals surface area contributed by atoms with E-state index in [4.69, 9.17) is 4.74 Å². The fraction of sp³-hybridized carbons (Fsp3) is 0.632. The highest BCUT2D eigenvalue weighted by atomic mass is 79.9. The summed E-state index contributed by atoms with van der Waals surface area (Å²) >= 11 is 3.50. The van der Waals surface area contributed by atoms with Gasteiger partial charge >= 0.3 is 5.97 Å². The molecule has 0 radical (unpaired) electrons. The highest BCUT2D eigenvalue weighted by Gasteiger charge is 2.43. The van der Waals surface area contributed by atoms with Gasteiger partial charge in [0.25, 0.3) is 0 Å².